The van der Waals surface area contributed by atoms with Crippen LogP contribution < -0.4 is 43.5 Å². The zero-order valence-corrected chi connectivity index (χ0v) is 19.5. The molecule has 0 N–H and O–H groups in total. The largest absolute Gasteiger partial charge is 1.00 e. The average Bonchev–Trinajstić information content (AvgIpc) is 2.88. The average molecular weight is 583 g/mol. The maximum absolute atomic E-state index is 13.9. The molecule has 3 rings (SSSR count). The summed E-state index contributed by atoms with van der Waals surface area (Å²) in [5.41, 5.74) is 0. The molecule has 199 valence electrons. The molecular weight excluding hydrogens is 583 g/mol. The third kappa shape index (κ3) is 5.18. The number of halogens is 15. The van der Waals surface area contributed by atoms with E-state index in [1.54, 1.807) is 0 Å². The van der Waals surface area contributed by atoms with Gasteiger partial charge in [0.1, 0.15) is 0 Å². The van der Waals surface area contributed by atoms with Crippen molar-refractivity contribution < 1.29 is 109 Å². The Kier molecular flexibility index (Phi) is 9.42. The molecule has 3 aromatic rings. The molecule has 0 aliphatic heterocycles. The zero-order valence-electron chi connectivity index (χ0n) is 17.5. The predicted octanol–water partition coefficient (Wildman–Crippen LogP) is 3.30. The van der Waals surface area contributed by atoms with Crippen LogP contribution >= 0.6 is 0 Å². The van der Waals surface area contributed by atoms with Gasteiger partial charge in [-0.1, -0.05) is 0 Å². The molecule has 20 heteroatoms. The first-order valence-electron chi connectivity index (χ1n) is 8.65. The third-order valence-corrected chi connectivity index (χ3v) is 4.15. The molecule has 0 aliphatic carbocycles. The van der Waals surface area contributed by atoms with E-state index in [1.807, 2.05) is 0 Å². The van der Waals surface area contributed by atoms with E-state index in [-0.39, 0.29) is 29.6 Å². The molecule has 0 fully saturated rings. The molecule has 1 radical (unpaired) electrons. The van der Waals surface area contributed by atoms with Crippen molar-refractivity contribution in [3.8, 4) is 17.2 Å². The fourth-order valence-electron chi connectivity index (χ4n) is 2.43. The fraction of sp³-hybridized carbons (Fsp3) is 0. The predicted molar refractivity (Wildman–Crippen MR) is 86.3 cm³/mol. The van der Waals surface area contributed by atoms with Gasteiger partial charge in [0.15, 0.2) is 17.2 Å². The maximum Gasteiger partial charge on any atom is 1.00 e. The van der Waals surface area contributed by atoms with Crippen molar-refractivity contribution in [2.45, 2.75) is 0 Å². The molecule has 0 heterocycles. The quantitative estimate of drug-likeness (QED) is 0.193. The van der Waals surface area contributed by atoms with Crippen molar-refractivity contribution >= 4 is 7.32 Å². The zero-order chi connectivity index (χ0) is 28.1. The summed E-state index contributed by atoms with van der Waals surface area (Å²) in [5.74, 6) is -50.0. The van der Waals surface area contributed by atoms with E-state index < -0.39 is 112 Å². The molecule has 0 amide bonds. The monoisotopic (exact) mass is 583 g/mol. The van der Waals surface area contributed by atoms with Crippen molar-refractivity contribution in [2.75, 3.05) is 0 Å². The Morgan fingerprint density at radius 2 is 0.395 bits per heavy atom. The van der Waals surface area contributed by atoms with Gasteiger partial charge in [0.25, 0.3) is 0 Å². The van der Waals surface area contributed by atoms with Crippen molar-refractivity contribution in [3.05, 3.63) is 87.3 Å². The summed E-state index contributed by atoms with van der Waals surface area (Å²) < 4.78 is 216. The van der Waals surface area contributed by atoms with Crippen LogP contribution in [0.15, 0.2) is 0 Å². The van der Waals surface area contributed by atoms with E-state index in [4.69, 9.17) is 0 Å². The van der Waals surface area contributed by atoms with Crippen LogP contribution in [0.4, 0.5) is 65.9 Å². The van der Waals surface area contributed by atoms with Crippen molar-refractivity contribution in [3.63, 3.8) is 0 Å². The Labute approximate surface area is 221 Å². The second-order valence-corrected chi connectivity index (χ2v) is 6.34. The molecule has 0 spiro atoms. The summed E-state index contributed by atoms with van der Waals surface area (Å²) in [6, 6.07) is 0. The van der Waals surface area contributed by atoms with Crippen molar-refractivity contribution in [2.24, 2.45) is 0 Å². The van der Waals surface area contributed by atoms with Gasteiger partial charge in [-0.25, -0.2) is 39.5 Å². The van der Waals surface area contributed by atoms with Gasteiger partial charge in [-0.2, -0.15) is 26.3 Å². The summed E-state index contributed by atoms with van der Waals surface area (Å²) in [6.45, 7) is 0. The standard InChI is InChI=1S/C18BF15O3.Na/c20-1-4(23)10(29)16(11(30)5(1)24)35-19(36-17-12(31)6(25)2(21)7(26)13(17)32)37-18-14(33)8(27)3(22)9(28)15(18)34;/q-1;+1. The molecule has 0 atom stereocenters. The Balaban J connectivity index is 0.00000507. The van der Waals surface area contributed by atoms with E-state index in [9.17, 15) is 65.9 Å². The Bertz CT molecular complexity index is 1180. The first kappa shape index (κ1) is 31.3. The van der Waals surface area contributed by atoms with E-state index >= 15 is 0 Å². The molecular formula is C18BF15NaO3. The SMILES string of the molecule is Fc1c(F)c(F)c(O[B-](Oc2c(F)c(F)c(F)c(F)c2F)Oc2c(F)c(F)c(F)c(F)c2F)c(F)c1F.[Na+]. The van der Waals surface area contributed by atoms with Crippen LogP contribution in [0.25, 0.3) is 0 Å². The fourth-order valence-corrected chi connectivity index (χ4v) is 2.43. The van der Waals surface area contributed by atoms with Crippen LogP contribution in [0.2, 0.25) is 0 Å². The van der Waals surface area contributed by atoms with Gasteiger partial charge in [0.05, 0.1) is 0 Å². The van der Waals surface area contributed by atoms with Crippen LogP contribution in [-0.4, -0.2) is 7.32 Å². The van der Waals surface area contributed by atoms with Gasteiger partial charge in [-0.3, -0.25) is 0 Å². The van der Waals surface area contributed by atoms with Crippen LogP contribution in [0, 0.1) is 87.3 Å². The van der Waals surface area contributed by atoms with Crippen molar-refractivity contribution in [1.29, 1.82) is 0 Å². The summed E-state index contributed by atoms with van der Waals surface area (Å²) in [4.78, 5) is 0. The molecule has 0 unspecified atom stereocenters. The topological polar surface area (TPSA) is 27.7 Å². The van der Waals surface area contributed by atoms with E-state index in [1.165, 1.54) is 0 Å². The molecule has 0 aliphatic rings. The van der Waals surface area contributed by atoms with E-state index in [0.717, 1.165) is 0 Å². The van der Waals surface area contributed by atoms with Crippen LogP contribution in [-0.2, 0) is 0 Å². The number of rotatable bonds is 6. The second-order valence-electron chi connectivity index (χ2n) is 6.34. The van der Waals surface area contributed by atoms with Crippen LogP contribution in [0.5, 0.6) is 17.2 Å². The molecule has 0 bridgehead atoms. The molecule has 3 aromatic carbocycles. The van der Waals surface area contributed by atoms with Crippen LogP contribution in [0.1, 0.15) is 0 Å². The Morgan fingerprint density at radius 3 is 0.553 bits per heavy atom. The first-order chi connectivity index (χ1) is 17.1. The summed E-state index contributed by atoms with van der Waals surface area (Å²) in [7, 11) is -3.75. The summed E-state index contributed by atoms with van der Waals surface area (Å²) >= 11 is 0. The van der Waals surface area contributed by atoms with Gasteiger partial charge in [0, 0.05) is 0 Å². The molecule has 0 saturated heterocycles. The van der Waals surface area contributed by atoms with Gasteiger partial charge < -0.3 is 14.0 Å². The Morgan fingerprint density at radius 1 is 0.263 bits per heavy atom. The van der Waals surface area contributed by atoms with Gasteiger partial charge in [-0.15, -0.1) is 0 Å². The number of benzene rings is 3. The summed E-state index contributed by atoms with van der Waals surface area (Å²) in [5, 5.41) is 0. The van der Waals surface area contributed by atoms with Gasteiger partial charge in [0.2, 0.25) is 87.3 Å². The second kappa shape index (κ2) is 11.4. The van der Waals surface area contributed by atoms with E-state index in [2.05, 4.69) is 14.0 Å². The van der Waals surface area contributed by atoms with E-state index in [0.29, 0.717) is 0 Å². The normalized spacial score (nSPS) is 11.1. The third-order valence-electron chi connectivity index (χ3n) is 4.15. The molecule has 38 heavy (non-hydrogen) atoms. The smallest absolute Gasteiger partial charge is 0.664 e. The summed E-state index contributed by atoms with van der Waals surface area (Å²) in [6.07, 6.45) is 0. The minimum absolute atomic E-state index is 0. The minimum Gasteiger partial charge on any atom is -0.664 e. The van der Waals surface area contributed by atoms with Crippen molar-refractivity contribution in [1.82, 2.24) is 0 Å². The van der Waals surface area contributed by atoms with Crippen LogP contribution in [0.3, 0.4) is 0 Å². The maximum atomic E-state index is 13.9. The minimum atomic E-state index is -3.75. The number of hydrogen-bond acceptors (Lipinski definition) is 3. The molecule has 0 aromatic heterocycles. The number of hydrogen-bond donors (Lipinski definition) is 0. The molecule has 3 nitrogen and oxygen atoms in total. The van der Waals surface area contributed by atoms with Gasteiger partial charge >= 0.3 is 36.9 Å². The first-order valence-corrected chi connectivity index (χ1v) is 8.65. The Hall–Kier alpha value is -2.93. The molecule has 0 saturated carbocycles. The van der Waals surface area contributed by atoms with Gasteiger partial charge in [-0.05, 0) is 0 Å².